The van der Waals surface area contributed by atoms with Crippen LogP contribution in [0, 0.1) is 0 Å². The zero-order valence-corrected chi connectivity index (χ0v) is 29.2. The van der Waals surface area contributed by atoms with Gasteiger partial charge in [-0.2, -0.15) is 0 Å². The van der Waals surface area contributed by atoms with Crippen molar-refractivity contribution in [2.45, 2.75) is 0 Å². The van der Waals surface area contributed by atoms with Crippen molar-refractivity contribution >= 4 is 60.2 Å². The molecule has 0 atom stereocenters. The SMILES string of the molecule is c1ccc(N(c2ccc(-c3ccc4c(ccc5ccccc54)c3)cc2)c2cc(-c3ccc4ccccc4c3)ccc2-c2ccc3ccccc3c2)cc1. The summed E-state index contributed by atoms with van der Waals surface area (Å²) < 4.78 is 0. The van der Waals surface area contributed by atoms with E-state index in [0.29, 0.717) is 0 Å². The van der Waals surface area contributed by atoms with Crippen LogP contribution in [0.4, 0.5) is 17.1 Å². The summed E-state index contributed by atoms with van der Waals surface area (Å²) >= 11 is 0. The van der Waals surface area contributed by atoms with Gasteiger partial charge in [-0.15, -0.1) is 0 Å². The van der Waals surface area contributed by atoms with Crippen LogP contribution in [-0.4, -0.2) is 0 Å². The highest BCUT2D eigenvalue weighted by Gasteiger charge is 2.19. The molecular weight excluding hydrogens is 639 g/mol. The maximum atomic E-state index is 2.41. The van der Waals surface area contributed by atoms with Gasteiger partial charge in [-0.3, -0.25) is 0 Å². The summed E-state index contributed by atoms with van der Waals surface area (Å²) in [5.41, 5.74) is 10.5. The van der Waals surface area contributed by atoms with Crippen molar-refractivity contribution in [2.24, 2.45) is 0 Å². The molecule has 0 aliphatic heterocycles. The molecule has 10 aromatic carbocycles. The smallest absolute Gasteiger partial charge is 0.0546 e. The molecule has 248 valence electrons. The average molecular weight is 674 g/mol. The van der Waals surface area contributed by atoms with Gasteiger partial charge in [-0.05, 0) is 119 Å². The quantitative estimate of drug-likeness (QED) is 0.159. The minimum absolute atomic E-state index is 1.10. The molecule has 0 saturated carbocycles. The third kappa shape index (κ3) is 5.69. The molecule has 0 amide bonds. The number of benzene rings is 10. The van der Waals surface area contributed by atoms with Crippen molar-refractivity contribution < 1.29 is 0 Å². The van der Waals surface area contributed by atoms with E-state index in [1.807, 2.05) is 0 Å². The Hall–Kier alpha value is -6.96. The topological polar surface area (TPSA) is 3.24 Å². The lowest BCUT2D eigenvalue weighted by Gasteiger charge is -2.29. The maximum absolute atomic E-state index is 2.41. The van der Waals surface area contributed by atoms with Crippen LogP contribution < -0.4 is 4.90 Å². The maximum Gasteiger partial charge on any atom is 0.0546 e. The summed E-state index contributed by atoms with van der Waals surface area (Å²) in [6.45, 7) is 0. The van der Waals surface area contributed by atoms with Crippen molar-refractivity contribution in [3.05, 3.63) is 212 Å². The first-order chi connectivity index (χ1) is 26.2. The highest BCUT2D eigenvalue weighted by molar-refractivity contribution is 6.08. The van der Waals surface area contributed by atoms with Crippen molar-refractivity contribution in [1.29, 1.82) is 0 Å². The first-order valence-corrected chi connectivity index (χ1v) is 18.2. The van der Waals surface area contributed by atoms with E-state index in [-0.39, 0.29) is 0 Å². The minimum atomic E-state index is 1.10. The molecule has 0 saturated heterocycles. The second-order valence-electron chi connectivity index (χ2n) is 13.8. The third-order valence-corrected chi connectivity index (χ3v) is 10.6. The minimum Gasteiger partial charge on any atom is -0.310 e. The van der Waals surface area contributed by atoms with E-state index in [2.05, 4.69) is 217 Å². The Kier molecular flexibility index (Phi) is 7.55. The highest BCUT2D eigenvalue weighted by atomic mass is 15.1. The second-order valence-corrected chi connectivity index (χ2v) is 13.8. The number of fused-ring (bicyclic) bond motifs is 5. The normalized spacial score (nSPS) is 11.4. The molecule has 0 aromatic heterocycles. The van der Waals surface area contributed by atoms with Crippen LogP contribution in [0.5, 0.6) is 0 Å². The molecule has 0 heterocycles. The first-order valence-electron chi connectivity index (χ1n) is 18.2. The lowest BCUT2D eigenvalue weighted by Crippen LogP contribution is -2.11. The zero-order valence-electron chi connectivity index (χ0n) is 29.2. The van der Waals surface area contributed by atoms with Gasteiger partial charge in [0.25, 0.3) is 0 Å². The van der Waals surface area contributed by atoms with E-state index in [1.54, 1.807) is 0 Å². The summed E-state index contributed by atoms with van der Waals surface area (Å²) in [4.78, 5) is 2.41. The Morgan fingerprint density at radius 3 is 1.45 bits per heavy atom. The molecule has 1 heteroatoms. The molecule has 53 heavy (non-hydrogen) atoms. The number of anilines is 3. The van der Waals surface area contributed by atoms with Crippen LogP contribution in [-0.2, 0) is 0 Å². The summed E-state index contributed by atoms with van der Waals surface area (Å²) in [5, 5.41) is 10.0. The van der Waals surface area contributed by atoms with Gasteiger partial charge in [0.2, 0.25) is 0 Å². The van der Waals surface area contributed by atoms with Crippen molar-refractivity contribution in [2.75, 3.05) is 4.90 Å². The average Bonchev–Trinajstić information content (AvgIpc) is 3.24. The molecule has 0 aliphatic rings. The third-order valence-electron chi connectivity index (χ3n) is 10.6. The first kappa shape index (κ1) is 30.8. The largest absolute Gasteiger partial charge is 0.310 e. The van der Waals surface area contributed by atoms with Gasteiger partial charge in [-0.1, -0.05) is 164 Å². The fourth-order valence-electron chi connectivity index (χ4n) is 7.87. The van der Waals surface area contributed by atoms with Crippen molar-refractivity contribution in [3.8, 4) is 33.4 Å². The molecule has 0 radical (unpaired) electrons. The summed E-state index contributed by atoms with van der Waals surface area (Å²) in [5.74, 6) is 0. The van der Waals surface area contributed by atoms with Gasteiger partial charge in [0, 0.05) is 16.9 Å². The number of hydrogen-bond acceptors (Lipinski definition) is 1. The van der Waals surface area contributed by atoms with E-state index in [1.165, 1.54) is 76.5 Å². The second kappa shape index (κ2) is 13.0. The predicted molar refractivity (Wildman–Crippen MR) is 227 cm³/mol. The highest BCUT2D eigenvalue weighted by Crippen LogP contribution is 2.44. The standard InChI is InChI=1S/C52H35N/c1-2-15-47(16-3-1)53(48-28-24-38(25-29-48)42-26-30-50-45(34-42)23-20-39-12-8-9-17-49(39)50)52-35-44(43-21-18-36-10-4-6-13-40(36)32-43)27-31-51(52)46-22-19-37-11-5-7-14-41(37)33-46/h1-35H. The van der Waals surface area contributed by atoms with Crippen LogP contribution in [0.2, 0.25) is 0 Å². The zero-order chi connectivity index (χ0) is 35.1. The monoisotopic (exact) mass is 673 g/mol. The fraction of sp³-hybridized carbons (Fsp3) is 0. The Bertz CT molecular complexity index is 2940. The molecule has 10 rings (SSSR count). The van der Waals surface area contributed by atoms with E-state index < -0.39 is 0 Å². The van der Waals surface area contributed by atoms with Gasteiger partial charge >= 0.3 is 0 Å². The molecule has 10 aromatic rings. The van der Waals surface area contributed by atoms with Crippen LogP contribution in [0.15, 0.2) is 212 Å². The number of rotatable bonds is 6. The molecule has 0 aliphatic carbocycles. The van der Waals surface area contributed by atoms with E-state index in [9.17, 15) is 0 Å². The molecule has 0 bridgehead atoms. The van der Waals surface area contributed by atoms with E-state index in [4.69, 9.17) is 0 Å². The molecule has 1 nitrogen and oxygen atoms in total. The molecule has 0 spiro atoms. The molecule has 0 fully saturated rings. The van der Waals surface area contributed by atoms with Gasteiger partial charge in [0.1, 0.15) is 0 Å². The predicted octanol–water partition coefficient (Wildman–Crippen LogP) is 14.8. The van der Waals surface area contributed by atoms with E-state index >= 15 is 0 Å². The lowest BCUT2D eigenvalue weighted by molar-refractivity contribution is 1.28. The van der Waals surface area contributed by atoms with Crippen molar-refractivity contribution in [1.82, 2.24) is 0 Å². The van der Waals surface area contributed by atoms with Crippen LogP contribution in [0.3, 0.4) is 0 Å². The number of nitrogens with zero attached hydrogens (tertiary/aromatic N) is 1. The molecule has 0 unspecified atom stereocenters. The summed E-state index contributed by atoms with van der Waals surface area (Å²) in [7, 11) is 0. The van der Waals surface area contributed by atoms with Crippen LogP contribution in [0.1, 0.15) is 0 Å². The van der Waals surface area contributed by atoms with Crippen LogP contribution in [0.25, 0.3) is 76.5 Å². The molecular formula is C52H35N. The molecule has 0 N–H and O–H groups in total. The Balaban J connectivity index is 1.13. The summed E-state index contributed by atoms with van der Waals surface area (Å²) in [6, 6.07) is 77.4. The van der Waals surface area contributed by atoms with Gasteiger partial charge < -0.3 is 4.90 Å². The van der Waals surface area contributed by atoms with Gasteiger partial charge in [-0.25, -0.2) is 0 Å². The Labute approximate surface area is 309 Å². The number of para-hydroxylation sites is 1. The Morgan fingerprint density at radius 1 is 0.245 bits per heavy atom. The van der Waals surface area contributed by atoms with Gasteiger partial charge in [0.15, 0.2) is 0 Å². The Morgan fingerprint density at radius 2 is 0.698 bits per heavy atom. The lowest BCUT2D eigenvalue weighted by atomic mass is 9.94. The summed E-state index contributed by atoms with van der Waals surface area (Å²) in [6.07, 6.45) is 0. The fourth-order valence-corrected chi connectivity index (χ4v) is 7.87. The van der Waals surface area contributed by atoms with Gasteiger partial charge in [0.05, 0.1) is 5.69 Å². The number of hydrogen-bond donors (Lipinski definition) is 0. The van der Waals surface area contributed by atoms with E-state index in [0.717, 1.165) is 17.1 Å². The van der Waals surface area contributed by atoms with Crippen molar-refractivity contribution in [3.63, 3.8) is 0 Å². The van der Waals surface area contributed by atoms with Crippen LogP contribution >= 0.6 is 0 Å².